The van der Waals surface area contributed by atoms with Crippen molar-refractivity contribution in [1.82, 2.24) is 0 Å². The number of rotatable bonds is 5. The summed E-state index contributed by atoms with van der Waals surface area (Å²) >= 11 is 5.95. The minimum Gasteiger partial charge on any atom is -0.491 e. The van der Waals surface area contributed by atoms with Crippen molar-refractivity contribution < 1.29 is 9.13 Å². The molecule has 2 N–H and O–H groups in total. The van der Waals surface area contributed by atoms with Gasteiger partial charge in [-0.3, -0.25) is 0 Å². The van der Waals surface area contributed by atoms with E-state index in [1.165, 1.54) is 0 Å². The predicted octanol–water partition coefficient (Wildman–Crippen LogP) is 2.75. The molecule has 0 aliphatic heterocycles. The maximum absolute atomic E-state index is 12.1. The zero-order valence-corrected chi connectivity index (χ0v) is 9.71. The van der Waals surface area contributed by atoms with E-state index >= 15 is 0 Å². The summed E-state index contributed by atoms with van der Waals surface area (Å²) in [5.74, 6) is 1.69. The smallest absolute Gasteiger partial charge is 0.123 e. The van der Waals surface area contributed by atoms with E-state index < -0.39 is 6.67 Å². The van der Waals surface area contributed by atoms with Gasteiger partial charge in [0.25, 0.3) is 0 Å². The zero-order chi connectivity index (χ0) is 11.5. The first-order valence-electron chi connectivity index (χ1n) is 5.44. The minimum atomic E-state index is -0.479. The maximum atomic E-state index is 12.1. The van der Waals surface area contributed by atoms with Gasteiger partial charge in [0.05, 0.1) is 0 Å². The van der Waals surface area contributed by atoms with Crippen molar-refractivity contribution in [2.45, 2.75) is 12.3 Å². The Morgan fingerprint density at radius 2 is 2.31 bits per heavy atom. The van der Waals surface area contributed by atoms with Crippen LogP contribution in [0.2, 0.25) is 5.02 Å². The molecule has 1 fully saturated rings. The van der Waals surface area contributed by atoms with Crippen molar-refractivity contribution in [3.8, 4) is 5.75 Å². The Labute approximate surface area is 99.5 Å². The van der Waals surface area contributed by atoms with Gasteiger partial charge in [0.15, 0.2) is 0 Å². The van der Waals surface area contributed by atoms with Crippen molar-refractivity contribution in [2.24, 2.45) is 11.7 Å². The molecule has 0 unspecified atom stereocenters. The van der Waals surface area contributed by atoms with Crippen LogP contribution in [0.5, 0.6) is 5.75 Å². The zero-order valence-electron chi connectivity index (χ0n) is 8.96. The molecule has 2 rings (SSSR count). The lowest BCUT2D eigenvalue weighted by Crippen LogP contribution is -2.04. The molecule has 0 aromatic heterocycles. The molecular formula is C12H15ClFNO. The average molecular weight is 244 g/mol. The molecule has 1 aromatic rings. The van der Waals surface area contributed by atoms with Gasteiger partial charge in [-0.05, 0) is 48.6 Å². The summed E-state index contributed by atoms with van der Waals surface area (Å²) in [5.41, 5.74) is 6.68. The van der Waals surface area contributed by atoms with Crippen LogP contribution in [0.4, 0.5) is 4.39 Å². The second kappa shape index (κ2) is 5.02. The molecule has 2 atom stereocenters. The number of ether oxygens (including phenoxy) is 1. The fraction of sp³-hybridized carbons (Fsp3) is 0.500. The quantitative estimate of drug-likeness (QED) is 0.863. The van der Waals surface area contributed by atoms with Crippen molar-refractivity contribution in [3.63, 3.8) is 0 Å². The first kappa shape index (κ1) is 11.7. The molecule has 1 aliphatic rings. The molecule has 88 valence electrons. The van der Waals surface area contributed by atoms with Crippen molar-refractivity contribution in [3.05, 3.63) is 28.8 Å². The third-order valence-electron chi connectivity index (χ3n) is 2.93. The Morgan fingerprint density at radius 1 is 1.50 bits per heavy atom. The number of benzene rings is 1. The van der Waals surface area contributed by atoms with Gasteiger partial charge in [-0.25, -0.2) is 4.39 Å². The number of alkyl halides is 1. The third-order valence-corrected chi connectivity index (χ3v) is 3.17. The highest BCUT2D eigenvalue weighted by Crippen LogP contribution is 2.50. The Hall–Kier alpha value is -0.800. The van der Waals surface area contributed by atoms with Crippen LogP contribution < -0.4 is 10.5 Å². The molecular weight excluding hydrogens is 229 g/mol. The average Bonchev–Trinajstić information content (AvgIpc) is 3.06. The third kappa shape index (κ3) is 2.47. The number of hydrogen-bond donors (Lipinski definition) is 1. The van der Waals surface area contributed by atoms with Crippen LogP contribution in [0, 0.1) is 5.92 Å². The van der Waals surface area contributed by atoms with E-state index in [1.54, 1.807) is 12.1 Å². The lowest BCUT2D eigenvalue weighted by molar-refractivity contribution is 0.271. The van der Waals surface area contributed by atoms with E-state index in [0.29, 0.717) is 23.4 Å². The summed E-state index contributed by atoms with van der Waals surface area (Å²) in [6.45, 7) is 0.293. The highest BCUT2D eigenvalue weighted by atomic mass is 35.5. The summed E-state index contributed by atoms with van der Waals surface area (Å²) in [7, 11) is 0. The SMILES string of the molecule is NC[C@@H]1C[C@H]1c1cc(Cl)ccc1OCCF. The Bertz CT molecular complexity index is 372. The molecule has 2 nitrogen and oxygen atoms in total. The van der Waals surface area contributed by atoms with Gasteiger partial charge < -0.3 is 10.5 Å². The summed E-state index contributed by atoms with van der Waals surface area (Å²) in [6.07, 6.45) is 1.07. The molecule has 0 saturated heterocycles. The topological polar surface area (TPSA) is 35.2 Å². The van der Waals surface area contributed by atoms with Crippen LogP contribution in [-0.4, -0.2) is 19.8 Å². The van der Waals surface area contributed by atoms with E-state index in [0.717, 1.165) is 17.7 Å². The first-order valence-corrected chi connectivity index (χ1v) is 5.82. The van der Waals surface area contributed by atoms with Crippen molar-refractivity contribution in [2.75, 3.05) is 19.8 Å². The van der Waals surface area contributed by atoms with Crippen LogP contribution in [0.1, 0.15) is 17.9 Å². The van der Waals surface area contributed by atoms with Gasteiger partial charge in [0.2, 0.25) is 0 Å². The molecule has 16 heavy (non-hydrogen) atoms. The van der Waals surface area contributed by atoms with Gasteiger partial charge in [-0.2, -0.15) is 0 Å². The molecule has 0 spiro atoms. The molecule has 4 heteroatoms. The van der Waals surface area contributed by atoms with Gasteiger partial charge in [-0.15, -0.1) is 0 Å². The number of hydrogen-bond acceptors (Lipinski definition) is 2. The predicted molar refractivity (Wildman–Crippen MR) is 62.8 cm³/mol. The lowest BCUT2D eigenvalue weighted by Gasteiger charge is -2.10. The van der Waals surface area contributed by atoms with Crippen molar-refractivity contribution in [1.29, 1.82) is 0 Å². The summed E-state index contributed by atoms with van der Waals surface area (Å²) in [4.78, 5) is 0. The monoisotopic (exact) mass is 243 g/mol. The lowest BCUT2D eigenvalue weighted by atomic mass is 10.1. The maximum Gasteiger partial charge on any atom is 0.123 e. The Kier molecular flexibility index (Phi) is 3.66. The fourth-order valence-corrected chi connectivity index (χ4v) is 2.16. The molecule has 1 aromatic carbocycles. The van der Waals surface area contributed by atoms with Gasteiger partial charge in [-0.1, -0.05) is 11.6 Å². The molecule has 1 aliphatic carbocycles. The molecule has 0 heterocycles. The summed E-state index contributed by atoms with van der Waals surface area (Å²) in [6, 6.07) is 5.47. The summed E-state index contributed by atoms with van der Waals surface area (Å²) in [5, 5.41) is 0.685. The van der Waals surface area contributed by atoms with Crippen LogP contribution in [0.3, 0.4) is 0 Å². The Morgan fingerprint density at radius 3 is 2.94 bits per heavy atom. The second-order valence-corrected chi connectivity index (χ2v) is 4.49. The van der Waals surface area contributed by atoms with Gasteiger partial charge in [0, 0.05) is 5.02 Å². The number of nitrogens with two attached hydrogens (primary N) is 1. The van der Waals surface area contributed by atoms with E-state index in [4.69, 9.17) is 22.1 Å². The standard InChI is InChI=1S/C12H15ClFNO/c13-9-1-2-12(16-4-3-14)11(6-9)10-5-8(10)7-15/h1-2,6,8,10H,3-5,7,15H2/t8-,10+/m0/s1. The normalized spacial score (nSPS) is 23.2. The van der Waals surface area contributed by atoms with Crippen LogP contribution in [0.15, 0.2) is 18.2 Å². The molecule has 0 radical (unpaired) electrons. The van der Waals surface area contributed by atoms with Crippen LogP contribution in [-0.2, 0) is 0 Å². The minimum absolute atomic E-state index is 0.0919. The van der Waals surface area contributed by atoms with Crippen molar-refractivity contribution >= 4 is 11.6 Å². The number of halogens is 2. The Balaban J connectivity index is 2.16. The van der Waals surface area contributed by atoms with E-state index in [9.17, 15) is 4.39 Å². The fourth-order valence-electron chi connectivity index (χ4n) is 1.98. The first-order chi connectivity index (χ1) is 7.76. The summed E-state index contributed by atoms with van der Waals surface area (Å²) < 4.78 is 17.4. The van der Waals surface area contributed by atoms with Crippen LogP contribution in [0.25, 0.3) is 0 Å². The van der Waals surface area contributed by atoms with E-state index in [2.05, 4.69) is 0 Å². The molecule has 1 saturated carbocycles. The second-order valence-electron chi connectivity index (χ2n) is 4.06. The van der Waals surface area contributed by atoms with Gasteiger partial charge >= 0.3 is 0 Å². The largest absolute Gasteiger partial charge is 0.491 e. The molecule has 0 amide bonds. The highest BCUT2D eigenvalue weighted by Gasteiger charge is 2.38. The highest BCUT2D eigenvalue weighted by molar-refractivity contribution is 6.30. The van der Waals surface area contributed by atoms with E-state index in [-0.39, 0.29) is 6.61 Å². The molecule has 0 bridgehead atoms. The van der Waals surface area contributed by atoms with Gasteiger partial charge in [0.1, 0.15) is 19.0 Å². The van der Waals surface area contributed by atoms with Crippen LogP contribution >= 0.6 is 11.6 Å². The van der Waals surface area contributed by atoms with E-state index in [1.807, 2.05) is 6.07 Å².